The molecule has 1 aliphatic heterocycles. The molecule has 0 radical (unpaired) electrons. The number of likely N-dealkylation sites (tertiary alicyclic amines) is 1. The fourth-order valence-corrected chi connectivity index (χ4v) is 2.71. The van der Waals surface area contributed by atoms with Gasteiger partial charge in [-0.25, -0.2) is 4.98 Å². The van der Waals surface area contributed by atoms with E-state index in [1.165, 1.54) is 12.3 Å². The number of piperidine rings is 1. The molecule has 0 aliphatic carbocycles. The van der Waals surface area contributed by atoms with Gasteiger partial charge in [-0.2, -0.15) is 0 Å². The smallest absolute Gasteiger partial charge is 0.255 e. The highest BCUT2D eigenvalue weighted by molar-refractivity contribution is 6.35. The van der Waals surface area contributed by atoms with Crippen molar-refractivity contribution in [1.82, 2.24) is 9.88 Å². The summed E-state index contributed by atoms with van der Waals surface area (Å²) in [5.41, 5.74) is 5.55. The molecular formula is C13H15Cl2N3O2. The van der Waals surface area contributed by atoms with Gasteiger partial charge in [0.1, 0.15) is 5.15 Å². The second-order valence-electron chi connectivity index (χ2n) is 4.89. The van der Waals surface area contributed by atoms with Crippen molar-refractivity contribution in [1.29, 1.82) is 0 Å². The minimum Gasteiger partial charge on any atom is -0.370 e. The second kappa shape index (κ2) is 6.41. The molecule has 2 heterocycles. The molecule has 0 atom stereocenters. The molecule has 108 valence electrons. The zero-order chi connectivity index (χ0) is 14.7. The molecule has 2 N–H and O–H groups in total. The molecular weight excluding hydrogens is 301 g/mol. The predicted octanol–water partition coefficient (Wildman–Crippen LogP) is 2.12. The van der Waals surface area contributed by atoms with Crippen LogP contribution in [0.4, 0.5) is 0 Å². The number of nitrogens with two attached hydrogens (primary N) is 1. The van der Waals surface area contributed by atoms with Gasteiger partial charge in [-0.15, -0.1) is 0 Å². The Morgan fingerprint density at radius 3 is 2.60 bits per heavy atom. The summed E-state index contributed by atoms with van der Waals surface area (Å²) >= 11 is 11.8. The SMILES string of the molecule is NC(=O)CC1CCN(C(=O)c2cc(Cl)ncc2Cl)CC1. The fourth-order valence-electron chi connectivity index (χ4n) is 2.37. The number of hydrogen-bond donors (Lipinski definition) is 1. The topological polar surface area (TPSA) is 76.3 Å². The Bertz CT molecular complexity index is 528. The van der Waals surface area contributed by atoms with Crippen LogP contribution in [0.5, 0.6) is 0 Å². The van der Waals surface area contributed by atoms with Crippen LogP contribution in [-0.2, 0) is 4.79 Å². The van der Waals surface area contributed by atoms with Crippen LogP contribution in [-0.4, -0.2) is 34.8 Å². The summed E-state index contributed by atoms with van der Waals surface area (Å²) in [6, 6.07) is 1.47. The lowest BCUT2D eigenvalue weighted by Gasteiger charge is -2.31. The van der Waals surface area contributed by atoms with Gasteiger partial charge in [0.2, 0.25) is 5.91 Å². The molecule has 20 heavy (non-hydrogen) atoms. The molecule has 1 aromatic rings. The Hall–Kier alpha value is -1.33. The van der Waals surface area contributed by atoms with Crippen LogP contribution in [0, 0.1) is 5.92 Å². The first-order valence-electron chi connectivity index (χ1n) is 6.36. The number of hydrogen-bond acceptors (Lipinski definition) is 3. The van der Waals surface area contributed by atoms with Gasteiger partial charge < -0.3 is 10.6 Å². The number of nitrogens with zero attached hydrogens (tertiary/aromatic N) is 2. The van der Waals surface area contributed by atoms with Gasteiger partial charge in [0.15, 0.2) is 0 Å². The summed E-state index contributed by atoms with van der Waals surface area (Å²) in [6.07, 6.45) is 3.29. The van der Waals surface area contributed by atoms with E-state index in [1.54, 1.807) is 4.90 Å². The summed E-state index contributed by atoms with van der Waals surface area (Å²) < 4.78 is 0. The molecule has 2 rings (SSSR count). The van der Waals surface area contributed by atoms with Crippen molar-refractivity contribution < 1.29 is 9.59 Å². The van der Waals surface area contributed by atoms with Gasteiger partial charge in [-0.1, -0.05) is 23.2 Å². The van der Waals surface area contributed by atoms with Gasteiger partial charge in [-0.05, 0) is 24.8 Å². The summed E-state index contributed by atoms with van der Waals surface area (Å²) in [6.45, 7) is 1.18. The standard InChI is InChI=1S/C13H15Cl2N3O2/c14-10-7-17-11(15)6-9(10)13(20)18-3-1-8(2-4-18)5-12(16)19/h6-8H,1-5H2,(H2,16,19). The number of carbonyl (C=O) groups is 2. The third kappa shape index (κ3) is 3.61. The Morgan fingerprint density at radius 1 is 1.35 bits per heavy atom. The average molecular weight is 316 g/mol. The van der Waals surface area contributed by atoms with Crippen molar-refractivity contribution >= 4 is 35.0 Å². The lowest BCUT2D eigenvalue weighted by molar-refractivity contribution is -0.119. The maximum atomic E-state index is 12.4. The van der Waals surface area contributed by atoms with Gasteiger partial charge in [0.05, 0.1) is 10.6 Å². The molecule has 0 aromatic carbocycles. The highest BCUT2D eigenvalue weighted by Crippen LogP contribution is 2.24. The molecule has 1 saturated heterocycles. The minimum atomic E-state index is -0.293. The number of halogens is 2. The van der Waals surface area contributed by atoms with E-state index >= 15 is 0 Å². The van der Waals surface area contributed by atoms with Crippen LogP contribution in [0.25, 0.3) is 0 Å². The Kier molecular flexibility index (Phi) is 4.83. The van der Waals surface area contributed by atoms with Crippen LogP contribution in [0.15, 0.2) is 12.3 Å². The Labute approximate surface area is 127 Å². The number of aromatic nitrogens is 1. The van der Waals surface area contributed by atoms with Crippen molar-refractivity contribution in [3.8, 4) is 0 Å². The molecule has 0 unspecified atom stereocenters. The van der Waals surface area contributed by atoms with Crippen LogP contribution >= 0.6 is 23.2 Å². The molecule has 1 aromatic heterocycles. The molecule has 0 spiro atoms. The zero-order valence-corrected chi connectivity index (χ0v) is 12.3. The normalized spacial score (nSPS) is 16.2. The van der Waals surface area contributed by atoms with Crippen molar-refractivity contribution in [2.24, 2.45) is 11.7 Å². The van der Waals surface area contributed by atoms with Gasteiger partial charge in [0, 0.05) is 25.7 Å². The van der Waals surface area contributed by atoms with Crippen LogP contribution in [0.1, 0.15) is 29.6 Å². The first-order chi connectivity index (χ1) is 9.47. The van der Waals surface area contributed by atoms with E-state index in [0.717, 1.165) is 12.8 Å². The van der Waals surface area contributed by atoms with Crippen molar-refractivity contribution in [3.63, 3.8) is 0 Å². The first-order valence-corrected chi connectivity index (χ1v) is 7.11. The number of pyridine rings is 1. The third-order valence-electron chi connectivity index (χ3n) is 3.44. The average Bonchev–Trinajstić information content (AvgIpc) is 2.41. The van der Waals surface area contributed by atoms with E-state index in [9.17, 15) is 9.59 Å². The van der Waals surface area contributed by atoms with Crippen molar-refractivity contribution in [2.45, 2.75) is 19.3 Å². The Balaban J connectivity index is 2.01. The monoisotopic (exact) mass is 315 g/mol. The molecule has 5 nitrogen and oxygen atoms in total. The van der Waals surface area contributed by atoms with E-state index in [2.05, 4.69) is 4.98 Å². The second-order valence-corrected chi connectivity index (χ2v) is 5.69. The predicted molar refractivity (Wildman–Crippen MR) is 76.7 cm³/mol. The highest BCUT2D eigenvalue weighted by Gasteiger charge is 2.25. The lowest BCUT2D eigenvalue weighted by Crippen LogP contribution is -2.39. The van der Waals surface area contributed by atoms with Crippen LogP contribution in [0.2, 0.25) is 10.2 Å². The number of amides is 2. The quantitative estimate of drug-likeness (QED) is 0.868. The fraction of sp³-hybridized carbons (Fsp3) is 0.462. The summed E-state index contributed by atoms with van der Waals surface area (Å²) in [5.74, 6) is -0.191. The van der Waals surface area contributed by atoms with Gasteiger partial charge >= 0.3 is 0 Å². The van der Waals surface area contributed by atoms with Crippen molar-refractivity contribution in [3.05, 3.63) is 28.0 Å². The molecule has 1 fully saturated rings. The maximum absolute atomic E-state index is 12.4. The summed E-state index contributed by atoms with van der Waals surface area (Å²) in [7, 11) is 0. The molecule has 0 saturated carbocycles. The minimum absolute atomic E-state index is 0.156. The van der Waals surface area contributed by atoms with E-state index in [1.807, 2.05) is 0 Å². The molecule has 2 amide bonds. The van der Waals surface area contributed by atoms with Gasteiger partial charge in [-0.3, -0.25) is 9.59 Å². The van der Waals surface area contributed by atoms with E-state index in [-0.39, 0.29) is 22.9 Å². The van der Waals surface area contributed by atoms with Crippen LogP contribution < -0.4 is 5.73 Å². The lowest BCUT2D eigenvalue weighted by atomic mass is 9.93. The van der Waals surface area contributed by atoms with Gasteiger partial charge in [0.25, 0.3) is 5.91 Å². The largest absolute Gasteiger partial charge is 0.370 e. The number of primary amides is 1. The van der Waals surface area contributed by atoms with Crippen molar-refractivity contribution in [2.75, 3.05) is 13.1 Å². The third-order valence-corrected chi connectivity index (χ3v) is 3.95. The summed E-state index contributed by atoms with van der Waals surface area (Å²) in [5, 5.41) is 0.528. The molecule has 1 aliphatic rings. The van der Waals surface area contributed by atoms with E-state index in [4.69, 9.17) is 28.9 Å². The molecule has 7 heteroatoms. The summed E-state index contributed by atoms with van der Waals surface area (Å²) in [4.78, 5) is 28.8. The maximum Gasteiger partial charge on any atom is 0.255 e. The number of rotatable bonds is 3. The molecule has 0 bridgehead atoms. The highest BCUT2D eigenvalue weighted by atomic mass is 35.5. The zero-order valence-electron chi connectivity index (χ0n) is 10.8. The van der Waals surface area contributed by atoms with Crippen LogP contribution in [0.3, 0.4) is 0 Å². The van der Waals surface area contributed by atoms with E-state index in [0.29, 0.717) is 30.1 Å². The van der Waals surface area contributed by atoms with E-state index < -0.39 is 0 Å². The first kappa shape index (κ1) is 15.1. The number of carbonyl (C=O) groups excluding carboxylic acids is 2. The Morgan fingerprint density at radius 2 is 2.00 bits per heavy atom.